The minimum Gasteiger partial charge on any atom is -0.494 e. The van der Waals surface area contributed by atoms with Gasteiger partial charge in [0.15, 0.2) is 0 Å². The summed E-state index contributed by atoms with van der Waals surface area (Å²) < 4.78 is 6.68. The molecular formula is C16H17BrClNO. The number of hydrogen-bond acceptors (Lipinski definition) is 2. The molecule has 0 aromatic heterocycles. The Morgan fingerprint density at radius 2 is 1.95 bits per heavy atom. The predicted octanol–water partition coefficient (Wildman–Crippen LogP) is 4.81. The molecule has 0 bridgehead atoms. The highest BCUT2D eigenvalue weighted by atomic mass is 79.9. The summed E-state index contributed by atoms with van der Waals surface area (Å²) in [7, 11) is 1.92. The minimum atomic E-state index is -0.00153. The van der Waals surface area contributed by atoms with Crippen molar-refractivity contribution in [1.82, 2.24) is 5.32 Å². The topological polar surface area (TPSA) is 21.3 Å². The van der Waals surface area contributed by atoms with E-state index in [2.05, 4.69) is 27.3 Å². The van der Waals surface area contributed by atoms with Crippen LogP contribution in [0.3, 0.4) is 0 Å². The molecule has 2 aromatic rings. The third kappa shape index (κ3) is 3.35. The van der Waals surface area contributed by atoms with Gasteiger partial charge in [-0.25, -0.2) is 0 Å². The first kappa shape index (κ1) is 15.4. The molecule has 2 nitrogen and oxygen atoms in total. The first-order chi connectivity index (χ1) is 9.67. The lowest BCUT2D eigenvalue weighted by Crippen LogP contribution is -2.19. The van der Waals surface area contributed by atoms with Gasteiger partial charge in [-0.2, -0.15) is 0 Å². The smallest absolute Gasteiger partial charge is 0.124 e. The van der Waals surface area contributed by atoms with Gasteiger partial charge in [0.05, 0.1) is 12.6 Å². The van der Waals surface area contributed by atoms with Gasteiger partial charge in [-0.15, -0.1) is 0 Å². The molecular weight excluding hydrogens is 338 g/mol. The van der Waals surface area contributed by atoms with E-state index in [1.807, 2.05) is 50.4 Å². The van der Waals surface area contributed by atoms with Gasteiger partial charge in [-0.05, 0) is 37.7 Å². The van der Waals surface area contributed by atoms with Crippen LogP contribution in [-0.2, 0) is 0 Å². The maximum atomic E-state index is 6.37. The second-order valence-corrected chi connectivity index (χ2v) is 5.68. The number of benzene rings is 2. The summed E-state index contributed by atoms with van der Waals surface area (Å²) >= 11 is 9.80. The molecule has 0 radical (unpaired) electrons. The number of ether oxygens (including phenoxy) is 1. The van der Waals surface area contributed by atoms with E-state index >= 15 is 0 Å². The lowest BCUT2D eigenvalue weighted by Gasteiger charge is -2.21. The van der Waals surface area contributed by atoms with E-state index in [9.17, 15) is 0 Å². The van der Waals surface area contributed by atoms with Crippen LogP contribution in [0, 0.1) is 0 Å². The van der Waals surface area contributed by atoms with Crippen LogP contribution in [0.5, 0.6) is 5.75 Å². The molecule has 1 N–H and O–H groups in total. The normalized spacial score (nSPS) is 12.2. The zero-order valence-electron chi connectivity index (χ0n) is 11.5. The molecule has 20 heavy (non-hydrogen) atoms. The highest BCUT2D eigenvalue weighted by Crippen LogP contribution is 2.34. The Kier molecular flexibility index (Phi) is 5.46. The van der Waals surface area contributed by atoms with Gasteiger partial charge in [0.1, 0.15) is 5.75 Å². The van der Waals surface area contributed by atoms with Crippen molar-refractivity contribution in [3.8, 4) is 5.75 Å². The van der Waals surface area contributed by atoms with Crippen LogP contribution in [0.4, 0.5) is 0 Å². The Hall–Kier alpha value is -1.03. The molecule has 1 atom stereocenters. The fourth-order valence-corrected chi connectivity index (χ4v) is 3.00. The lowest BCUT2D eigenvalue weighted by atomic mass is 9.98. The standard InChI is InChI=1S/C16H17BrClNO/c1-3-20-15-7-5-4-6-13(15)16(19-2)12-9-8-11(17)10-14(12)18/h4-10,16,19H,3H2,1-2H3. The van der Waals surface area contributed by atoms with Crippen molar-refractivity contribution in [1.29, 1.82) is 0 Å². The third-order valence-corrected chi connectivity index (χ3v) is 3.91. The zero-order valence-corrected chi connectivity index (χ0v) is 13.8. The Labute approximate surface area is 133 Å². The van der Waals surface area contributed by atoms with Gasteiger partial charge in [0.25, 0.3) is 0 Å². The minimum absolute atomic E-state index is 0.00153. The monoisotopic (exact) mass is 353 g/mol. The van der Waals surface area contributed by atoms with Gasteiger partial charge in [0, 0.05) is 15.1 Å². The molecule has 0 aliphatic rings. The first-order valence-electron chi connectivity index (χ1n) is 6.51. The van der Waals surface area contributed by atoms with Crippen molar-refractivity contribution in [3.63, 3.8) is 0 Å². The zero-order chi connectivity index (χ0) is 14.5. The van der Waals surface area contributed by atoms with Crippen molar-refractivity contribution < 1.29 is 4.74 Å². The van der Waals surface area contributed by atoms with E-state index in [1.54, 1.807) is 0 Å². The third-order valence-electron chi connectivity index (χ3n) is 3.09. The second-order valence-electron chi connectivity index (χ2n) is 4.36. The second kappa shape index (κ2) is 7.11. The quantitative estimate of drug-likeness (QED) is 0.832. The molecule has 0 spiro atoms. The van der Waals surface area contributed by atoms with Crippen molar-refractivity contribution in [2.75, 3.05) is 13.7 Å². The molecule has 0 saturated heterocycles. The van der Waals surface area contributed by atoms with Crippen LogP contribution in [0.2, 0.25) is 5.02 Å². The van der Waals surface area contributed by atoms with Crippen LogP contribution in [-0.4, -0.2) is 13.7 Å². The highest BCUT2D eigenvalue weighted by Gasteiger charge is 2.18. The van der Waals surface area contributed by atoms with Gasteiger partial charge in [0.2, 0.25) is 0 Å². The molecule has 0 amide bonds. The van der Waals surface area contributed by atoms with E-state index in [4.69, 9.17) is 16.3 Å². The molecule has 2 aromatic carbocycles. The summed E-state index contributed by atoms with van der Waals surface area (Å²) in [6.07, 6.45) is 0. The van der Waals surface area contributed by atoms with Crippen LogP contribution >= 0.6 is 27.5 Å². The van der Waals surface area contributed by atoms with Gasteiger partial charge in [-0.1, -0.05) is 51.8 Å². The average molecular weight is 355 g/mol. The van der Waals surface area contributed by atoms with Crippen molar-refractivity contribution in [2.45, 2.75) is 13.0 Å². The van der Waals surface area contributed by atoms with Crippen molar-refractivity contribution >= 4 is 27.5 Å². The Morgan fingerprint density at radius 1 is 1.20 bits per heavy atom. The molecule has 0 heterocycles. The van der Waals surface area contributed by atoms with E-state index in [0.29, 0.717) is 6.61 Å². The number of rotatable bonds is 5. The van der Waals surface area contributed by atoms with Crippen LogP contribution in [0.25, 0.3) is 0 Å². The van der Waals surface area contributed by atoms with E-state index in [1.165, 1.54) is 0 Å². The van der Waals surface area contributed by atoms with Gasteiger partial charge < -0.3 is 10.1 Å². The number of hydrogen-bond donors (Lipinski definition) is 1. The van der Waals surface area contributed by atoms with Crippen LogP contribution in [0.1, 0.15) is 24.1 Å². The molecule has 0 aliphatic heterocycles. The fourth-order valence-electron chi connectivity index (χ4n) is 2.22. The molecule has 2 rings (SSSR count). The Bertz CT molecular complexity index is 588. The maximum Gasteiger partial charge on any atom is 0.124 e. The summed E-state index contributed by atoms with van der Waals surface area (Å²) in [4.78, 5) is 0. The summed E-state index contributed by atoms with van der Waals surface area (Å²) in [6.45, 7) is 2.62. The summed E-state index contributed by atoms with van der Waals surface area (Å²) in [5.74, 6) is 0.883. The largest absolute Gasteiger partial charge is 0.494 e. The average Bonchev–Trinajstić information content (AvgIpc) is 2.44. The molecule has 0 aliphatic carbocycles. The molecule has 0 saturated carbocycles. The Balaban J connectivity index is 2.47. The van der Waals surface area contributed by atoms with E-state index in [-0.39, 0.29) is 6.04 Å². The van der Waals surface area contributed by atoms with E-state index < -0.39 is 0 Å². The van der Waals surface area contributed by atoms with Crippen LogP contribution in [0.15, 0.2) is 46.9 Å². The summed E-state index contributed by atoms with van der Waals surface area (Å²) in [5.41, 5.74) is 2.12. The van der Waals surface area contributed by atoms with E-state index in [0.717, 1.165) is 26.4 Å². The van der Waals surface area contributed by atoms with Crippen LogP contribution < -0.4 is 10.1 Å². The van der Waals surface area contributed by atoms with Gasteiger partial charge >= 0.3 is 0 Å². The fraction of sp³-hybridized carbons (Fsp3) is 0.250. The van der Waals surface area contributed by atoms with Gasteiger partial charge in [-0.3, -0.25) is 0 Å². The molecule has 0 fully saturated rings. The maximum absolute atomic E-state index is 6.37. The summed E-state index contributed by atoms with van der Waals surface area (Å²) in [6, 6.07) is 14.0. The number of nitrogens with one attached hydrogen (secondary N) is 1. The highest BCUT2D eigenvalue weighted by molar-refractivity contribution is 9.10. The molecule has 4 heteroatoms. The lowest BCUT2D eigenvalue weighted by molar-refractivity contribution is 0.334. The first-order valence-corrected chi connectivity index (χ1v) is 7.68. The van der Waals surface area contributed by atoms with Crippen molar-refractivity contribution in [2.24, 2.45) is 0 Å². The number of halogens is 2. The summed E-state index contributed by atoms with van der Waals surface area (Å²) in [5, 5.41) is 4.04. The molecule has 1 unspecified atom stereocenters. The molecule has 106 valence electrons. The van der Waals surface area contributed by atoms with Crippen molar-refractivity contribution in [3.05, 3.63) is 63.1 Å². The predicted molar refractivity (Wildman–Crippen MR) is 87.7 cm³/mol. The Morgan fingerprint density at radius 3 is 2.60 bits per heavy atom. The number of para-hydroxylation sites is 1. The SMILES string of the molecule is CCOc1ccccc1C(NC)c1ccc(Br)cc1Cl.